The molecule has 1 fully saturated rings. The Morgan fingerprint density at radius 1 is 1.57 bits per heavy atom. The molecule has 6 heteroatoms. The number of amides is 1. The summed E-state index contributed by atoms with van der Waals surface area (Å²) >= 11 is 0. The van der Waals surface area contributed by atoms with Crippen LogP contribution in [0.15, 0.2) is 12.2 Å². The first-order chi connectivity index (χ1) is 10.3. The average Bonchev–Trinajstić information content (AvgIpc) is 3.18. The molecule has 1 amide bonds. The summed E-state index contributed by atoms with van der Waals surface area (Å²) in [4.78, 5) is 18.7. The maximum Gasteiger partial charge on any atom is 0.223 e. The first-order valence-corrected chi connectivity index (χ1v) is 7.73. The minimum atomic E-state index is -0.210. The van der Waals surface area contributed by atoms with Crippen molar-refractivity contribution < 1.29 is 9.53 Å². The van der Waals surface area contributed by atoms with Gasteiger partial charge in [0.15, 0.2) is 5.82 Å². The number of nitrogens with zero attached hydrogens (tertiary/aromatic N) is 3. The van der Waals surface area contributed by atoms with E-state index in [2.05, 4.69) is 27.3 Å². The zero-order valence-corrected chi connectivity index (χ0v) is 12.4. The van der Waals surface area contributed by atoms with Gasteiger partial charge in [-0.2, -0.15) is 5.10 Å². The third kappa shape index (κ3) is 3.32. The number of ether oxygens (including phenoxy) is 1. The number of H-pyrrole nitrogens is 1. The zero-order chi connectivity index (χ0) is 14.7. The third-order valence-electron chi connectivity index (χ3n) is 4.14. The molecule has 1 aromatic heterocycles. The Morgan fingerprint density at radius 2 is 2.48 bits per heavy atom. The Labute approximate surface area is 124 Å². The molecule has 6 nitrogen and oxygen atoms in total. The van der Waals surface area contributed by atoms with Crippen LogP contribution in [0.25, 0.3) is 0 Å². The van der Waals surface area contributed by atoms with Gasteiger partial charge in [0.2, 0.25) is 5.91 Å². The lowest BCUT2D eigenvalue weighted by Gasteiger charge is -2.32. The van der Waals surface area contributed by atoms with Crippen molar-refractivity contribution in [1.82, 2.24) is 20.1 Å². The van der Waals surface area contributed by atoms with Crippen molar-refractivity contribution in [1.29, 1.82) is 0 Å². The van der Waals surface area contributed by atoms with Gasteiger partial charge < -0.3 is 9.64 Å². The third-order valence-corrected chi connectivity index (χ3v) is 4.14. The fourth-order valence-electron chi connectivity index (χ4n) is 2.86. The van der Waals surface area contributed by atoms with E-state index in [1.165, 1.54) is 0 Å². The lowest BCUT2D eigenvalue weighted by atomic mass is 10.0. The molecule has 0 spiro atoms. The summed E-state index contributed by atoms with van der Waals surface area (Å²) in [6, 6.07) is 0. The number of carbonyl (C=O) groups is 1. The van der Waals surface area contributed by atoms with Gasteiger partial charge in [-0.3, -0.25) is 9.89 Å². The van der Waals surface area contributed by atoms with Crippen LogP contribution >= 0.6 is 0 Å². The summed E-state index contributed by atoms with van der Waals surface area (Å²) in [5, 5.41) is 7.10. The fourth-order valence-corrected chi connectivity index (χ4v) is 2.86. The van der Waals surface area contributed by atoms with Crippen LogP contribution in [-0.4, -0.2) is 45.7 Å². The normalized spacial score (nSPS) is 25.5. The SMILES string of the molecule is CCc1nc([C@@H]2CN(C(=O)C[C@H]3C=CCC3)CCO2)n[nH]1. The predicted molar refractivity (Wildman–Crippen MR) is 77.5 cm³/mol. The Hall–Kier alpha value is -1.69. The van der Waals surface area contributed by atoms with Crippen molar-refractivity contribution in [3.8, 4) is 0 Å². The number of hydrogen-bond donors (Lipinski definition) is 1. The summed E-state index contributed by atoms with van der Waals surface area (Å²) in [7, 11) is 0. The van der Waals surface area contributed by atoms with Gasteiger partial charge in [-0.15, -0.1) is 0 Å². The van der Waals surface area contributed by atoms with Crippen LogP contribution in [0.1, 0.15) is 43.9 Å². The van der Waals surface area contributed by atoms with Gasteiger partial charge in [0.25, 0.3) is 0 Å². The van der Waals surface area contributed by atoms with Gasteiger partial charge >= 0.3 is 0 Å². The molecule has 0 aromatic carbocycles. The van der Waals surface area contributed by atoms with Crippen molar-refractivity contribution >= 4 is 5.91 Å². The molecule has 1 saturated heterocycles. The van der Waals surface area contributed by atoms with Gasteiger partial charge in [-0.1, -0.05) is 19.1 Å². The van der Waals surface area contributed by atoms with E-state index in [-0.39, 0.29) is 12.0 Å². The van der Waals surface area contributed by atoms with Crippen molar-refractivity contribution in [2.45, 2.75) is 38.7 Å². The quantitative estimate of drug-likeness (QED) is 0.855. The van der Waals surface area contributed by atoms with Crippen LogP contribution in [0.3, 0.4) is 0 Å². The van der Waals surface area contributed by atoms with E-state index in [0.29, 0.717) is 37.9 Å². The van der Waals surface area contributed by atoms with E-state index in [0.717, 1.165) is 25.1 Å². The lowest BCUT2D eigenvalue weighted by molar-refractivity contribution is -0.140. The van der Waals surface area contributed by atoms with E-state index in [1.54, 1.807) is 0 Å². The van der Waals surface area contributed by atoms with Crippen molar-refractivity contribution in [2.75, 3.05) is 19.7 Å². The van der Waals surface area contributed by atoms with Gasteiger partial charge in [0, 0.05) is 19.4 Å². The number of aromatic nitrogens is 3. The van der Waals surface area contributed by atoms with E-state index in [4.69, 9.17) is 4.74 Å². The maximum atomic E-state index is 12.4. The summed E-state index contributed by atoms with van der Waals surface area (Å²) in [5.41, 5.74) is 0. The molecule has 1 aromatic rings. The number of nitrogens with one attached hydrogen (secondary N) is 1. The molecule has 3 rings (SSSR count). The molecule has 0 radical (unpaired) electrons. The maximum absolute atomic E-state index is 12.4. The first kappa shape index (κ1) is 14.3. The molecule has 21 heavy (non-hydrogen) atoms. The highest BCUT2D eigenvalue weighted by Gasteiger charge is 2.29. The number of rotatable bonds is 4. The highest BCUT2D eigenvalue weighted by molar-refractivity contribution is 5.76. The number of morpholine rings is 1. The second kappa shape index (κ2) is 6.39. The van der Waals surface area contributed by atoms with Crippen molar-refractivity contribution in [3.05, 3.63) is 23.8 Å². The molecule has 114 valence electrons. The Morgan fingerprint density at radius 3 is 3.19 bits per heavy atom. The van der Waals surface area contributed by atoms with Crippen LogP contribution in [0.5, 0.6) is 0 Å². The van der Waals surface area contributed by atoms with Gasteiger partial charge in [0.1, 0.15) is 11.9 Å². The predicted octanol–water partition coefficient (Wildman–Crippen LogP) is 1.62. The number of allylic oxidation sites excluding steroid dienone is 2. The van der Waals surface area contributed by atoms with Crippen LogP contribution < -0.4 is 0 Å². The molecule has 0 unspecified atom stereocenters. The zero-order valence-electron chi connectivity index (χ0n) is 12.4. The number of aromatic amines is 1. The fraction of sp³-hybridized carbons (Fsp3) is 0.667. The van der Waals surface area contributed by atoms with Crippen LogP contribution in [0.2, 0.25) is 0 Å². The van der Waals surface area contributed by atoms with Gasteiger partial charge in [0.05, 0.1) is 13.2 Å². The van der Waals surface area contributed by atoms with E-state index >= 15 is 0 Å². The molecule has 2 heterocycles. The summed E-state index contributed by atoms with van der Waals surface area (Å²) in [5.74, 6) is 2.14. The number of aryl methyl sites for hydroxylation is 1. The van der Waals surface area contributed by atoms with Gasteiger partial charge in [-0.05, 0) is 18.8 Å². The van der Waals surface area contributed by atoms with Crippen molar-refractivity contribution in [3.63, 3.8) is 0 Å². The van der Waals surface area contributed by atoms with E-state index in [9.17, 15) is 4.79 Å². The van der Waals surface area contributed by atoms with Gasteiger partial charge in [-0.25, -0.2) is 4.98 Å². The standard InChI is InChI=1S/C15H22N4O2/c1-2-13-16-15(18-17-13)12-10-19(7-8-21-12)14(20)9-11-5-3-4-6-11/h3,5,11-12H,2,4,6-10H2,1H3,(H,16,17,18)/t11-,12-/m0/s1. The second-order valence-electron chi connectivity index (χ2n) is 5.66. The Kier molecular flexibility index (Phi) is 4.34. The Balaban J connectivity index is 1.59. The van der Waals surface area contributed by atoms with E-state index in [1.807, 2.05) is 11.8 Å². The topological polar surface area (TPSA) is 71.1 Å². The molecule has 2 aliphatic rings. The molecule has 1 aliphatic heterocycles. The second-order valence-corrected chi connectivity index (χ2v) is 5.66. The molecular weight excluding hydrogens is 268 g/mol. The molecular formula is C15H22N4O2. The number of hydrogen-bond acceptors (Lipinski definition) is 4. The summed E-state index contributed by atoms with van der Waals surface area (Å²) in [6.07, 6.45) is 7.74. The summed E-state index contributed by atoms with van der Waals surface area (Å²) in [6.45, 7) is 3.79. The van der Waals surface area contributed by atoms with Crippen LogP contribution in [0, 0.1) is 5.92 Å². The molecule has 0 bridgehead atoms. The summed E-state index contributed by atoms with van der Waals surface area (Å²) < 4.78 is 5.72. The van der Waals surface area contributed by atoms with Crippen molar-refractivity contribution in [2.24, 2.45) is 5.92 Å². The molecule has 1 N–H and O–H groups in total. The number of carbonyl (C=O) groups excluding carboxylic acids is 1. The highest BCUT2D eigenvalue weighted by Crippen LogP contribution is 2.24. The van der Waals surface area contributed by atoms with E-state index < -0.39 is 0 Å². The smallest absolute Gasteiger partial charge is 0.223 e. The minimum Gasteiger partial charge on any atom is -0.366 e. The minimum absolute atomic E-state index is 0.210. The highest BCUT2D eigenvalue weighted by atomic mass is 16.5. The monoisotopic (exact) mass is 290 g/mol. The Bertz CT molecular complexity index is 525. The molecule has 2 atom stereocenters. The van der Waals surface area contributed by atoms with Crippen LogP contribution in [-0.2, 0) is 16.0 Å². The largest absolute Gasteiger partial charge is 0.366 e. The molecule has 1 aliphatic carbocycles. The van der Waals surface area contributed by atoms with Crippen LogP contribution in [0.4, 0.5) is 0 Å². The lowest BCUT2D eigenvalue weighted by Crippen LogP contribution is -2.43. The first-order valence-electron chi connectivity index (χ1n) is 7.73. The molecule has 0 saturated carbocycles. The average molecular weight is 290 g/mol.